The second kappa shape index (κ2) is 6.26. The maximum atomic E-state index is 5.92. The molecule has 1 aliphatic rings. The van der Waals surface area contributed by atoms with E-state index in [9.17, 15) is 0 Å². The molecule has 1 fully saturated rings. The first-order valence-electron chi connectivity index (χ1n) is 6.36. The quantitative estimate of drug-likeness (QED) is 0.893. The summed E-state index contributed by atoms with van der Waals surface area (Å²) in [6, 6.07) is 6.82. The summed E-state index contributed by atoms with van der Waals surface area (Å²) >= 11 is 5.62. The lowest BCUT2D eigenvalue weighted by molar-refractivity contribution is 0.728. The lowest BCUT2D eigenvalue weighted by Crippen LogP contribution is -2.18. The van der Waals surface area contributed by atoms with Gasteiger partial charge in [0.2, 0.25) is 0 Å². The molecule has 94 valence electrons. The number of benzene rings is 1. The number of hydrogen-bond donors (Lipinski definition) is 1. The van der Waals surface area contributed by atoms with Gasteiger partial charge >= 0.3 is 0 Å². The van der Waals surface area contributed by atoms with E-state index in [1.54, 1.807) is 0 Å². The Labute approximate surface area is 117 Å². The van der Waals surface area contributed by atoms with Crippen LogP contribution < -0.4 is 5.73 Å². The molecular weight excluding hydrogens is 294 g/mol. The second-order valence-corrected chi connectivity index (χ2v) is 7.22. The number of nitrogens with two attached hydrogens (primary N) is 1. The van der Waals surface area contributed by atoms with Crippen molar-refractivity contribution in [2.24, 2.45) is 5.73 Å². The Morgan fingerprint density at radius 2 is 2.12 bits per heavy atom. The normalized spacial score (nSPS) is 18.5. The molecule has 17 heavy (non-hydrogen) atoms. The molecule has 3 heteroatoms. The predicted molar refractivity (Wildman–Crippen MR) is 79.6 cm³/mol. The summed E-state index contributed by atoms with van der Waals surface area (Å²) in [5, 5.41) is 0.816. The van der Waals surface area contributed by atoms with Crippen LogP contribution >= 0.6 is 27.7 Å². The van der Waals surface area contributed by atoms with Gasteiger partial charge in [-0.3, -0.25) is 0 Å². The van der Waals surface area contributed by atoms with Crippen molar-refractivity contribution in [3.05, 3.63) is 28.2 Å². The Morgan fingerprint density at radius 1 is 1.41 bits per heavy atom. The van der Waals surface area contributed by atoms with E-state index in [-0.39, 0.29) is 6.04 Å². The van der Waals surface area contributed by atoms with Crippen LogP contribution in [0.3, 0.4) is 0 Å². The predicted octanol–water partition coefficient (Wildman–Crippen LogP) is 4.37. The third-order valence-electron chi connectivity index (χ3n) is 3.17. The van der Waals surface area contributed by atoms with Crippen molar-refractivity contribution in [1.82, 2.24) is 0 Å². The molecule has 1 aromatic carbocycles. The van der Waals surface area contributed by atoms with E-state index in [1.165, 1.54) is 40.6 Å². The molecule has 0 spiro atoms. The average molecular weight is 314 g/mol. The first-order chi connectivity index (χ1) is 8.15. The molecule has 1 nitrogen and oxygen atoms in total. The molecule has 1 aliphatic carbocycles. The van der Waals surface area contributed by atoms with Crippen molar-refractivity contribution >= 4 is 27.7 Å². The van der Waals surface area contributed by atoms with Gasteiger partial charge in [-0.05, 0) is 43.9 Å². The zero-order chi connectivity index (χ0) is 12.3. The number of thioether (sulfide) groups is 1. The average Bonchev–Trinajstić information content (AvgIpc) is 2.74. The van der Waals surface area contributed by atoms with Gasteiger partial charge in [-0.2, -0.15) is 0 Å². The monoisotopic (exact) mass is 313 g/mol. The Morgan fingerprint density at radius 3 is 2.76 bits per heavy atom. The van der Waals surface area contributed by atoms with Crippen molar-refractivity contribution in [3.8, 4) is 0 Å². The van der Waals surface area contributed by atoms with Crippen LogP contribution in [0, 0.1) is 0 Å². The van der Waals surface area contributed by atoms with Crippen molar-refractivity contribution < 1.29 is 0 Å². The fourth-order valence-electron chi connectivity index (χ4n) is 2.34. The van der Waals surface area contributed by atoms with Crippen LogP contribution in [0.25, 0.3) is 0 Å². The van der Waals surface area contributed by atoms with Crippen molar-refractivity contribution in [2.45, 2.75) is 55.2 Å². The van der Waals surface area contributed by atoms with Gasteiger partial charge in [-0.1, -0.05) is 34.8 Å². The summed E-state index contributed by atoms with van der Waals surface area (Å²) in [7, 11) is 0. The van der Waals surface area contributed by atoms with E-state index >= 15 is 0 Å². The summed E-state index contributed by atoms with van der Waals surface area (Å²) in [4.78, 5) is 1.42. The number of hydrogen-bond acceptors (Lipinski definition) is 2. The van der Waals surface area contributed by atoms with Crippen LogP contribution in [0.15, 0.2) is 27.6 Å². The van der Waals surface area contributed by atoms with Gasteiger partial charge in [0.15, 0.2) is 0 Å². The summed E-state index contributed by atoms with van der Waals surface area (Å²) < 4.78 is 1.17. The molecule has 2 N–H and O–H groups in total. The molecule has 1 aromatic rings. The van der Waals surface area contributed by atoms with Gasteiger partial charge in [-0.25, -0.2) is 0 Å². The van der Waals surface area contributed by atoms with Crippen LogP contribution in [0.1, 0.15) is 38.2 Å². The first kappa shape index (κ1) is 13.4. The van der Waals surface area contributed by atoms with Crippen LogP contribution in [0.5, 0.6) is 0 Å². The van der Waals surface area contributed by atoms with E-state index in [4.69, 9.17) is 5.73 Å². The minimum atomic E-state index is 0.235. The Bertz CT molecular complexity index is 372. The van der Waals surface area contributed by atoms with E-state index in [0.29, 0.717) is 0 Å². The van der Waals surface area contributed by atoms with Crippen LogP contribution in [0.2, 0.25) is 0 Å². The molecule has 0 bridgehead atoms. The summed E-state index contributed by atoms with van der Waals surface area (Å²) in [5.41, 5.74) is 7.32. The molecule has 2 rings (SSSR count). The van der Waals surface area contributed by atoms with E-state index < -0.39 is 0 Å². The topological polar surface area (TPSA) is 26.0 Å². The van der Waals surface area contributed by atoms with E-state index in [1.807, 2.05) is 11.8 Å². The Kier molecular flexibility index (Phi) is 4.95. The largest absolute Gasteiger partial charge is 0.328 e. The minimum Gasteiger partial charge on any atom is -0.328 e. The van der Waals surface area contributed by atoms with Crippen LogP contribution in [0.4, 0.5) is 0 Å². The molecule has 0 radical (unpaired) electrons. The summed E-state index contributed by atoms with van der Waals surface area (Å²) in [5.74, 6) is 0. The maximum Gasteiger partial charge on any atom is 0.0186 e. The van der Waals surface area contributed by atoms with Crippen molar-refractivity contribution in [2.75, 3.05) is 0 Å². The van der Waals surface area contributed by atoms with Crippen molar-refractivity contribution in [3.63, 3.8) is 0 Å². The molecule has 0 aromatic heterocycles. The molecule has 0 heterocycles. The Hall–Kier alpha value is 0.01000. The van der Waals surface area contributed by atoms with Gasteiger partial charge in [0.1, 0.15) is 0 Å². The highest BCUT2D eigenvalue weighted by atomic mass is 79.9. The molecule has 1 saturated carbocycles. The summed E-state index contributed by atoms with van der Waals surface area (Å²) in [6.45, 7) is 2.08. The standard InChI is InChI=1S/C14H20BrNS/c1-10(16)8-11-6-7-12(15)9-14(11)17-13-4-2-3-5-13/h6-7,9-10,13H,2-5,8,16H2,1H3. The second-order valence-electron chi connectivity index (χ2n) is 4.96. The minimum absolute atomic E-state index is 0.235. The van der Waals surface area contributed by atoms with E-state index in [0.717, 1.165) is 11.7 Å². The molecule has 1 unspecified atom stereocenters. The lowest BCUT2D eigenvalue weighted by atomic mass is 10.1. The third kappa shape index (κ3) is 4.01. The fourth-order valence-corrected chi connectivity index (χ4v) is 4.28. The van der Waals surface area contributed by atoms with Crippen LogP contribution in [-0.2, 0) is 6.42 Å². The maximum absolute atomic E-state index is 5.92. The molecule has 0 aliphatic heterocycles. The van der Waals surface area contributed by atoms with Gasteiger partial charge in [-0.15, -0.1) is 11.8 Å². The molecule has 1 atom stereocenters. The van der Waals surface area contributed by atoms with Gasteiger partial charge < -0.3 is 5.73 Å². The highest BCUT2D eigenvalue weighted by Crippen LogP contribution is 2.37. The third-order valence-corrected chi connectivity index (χ3v) is 5.10. The van der Waals surface area contributed by atoms with E-state index in [2.05, 4.69) is 41.1 Å². The Balaban J connectivity index is 2.13. The van der Waals surface area contributed by atoms with Crippen LogP contribution in [-0.4, -0.2) is 11.3 Å². The smallest absolute Gasteiger partial charge is 0.0186 e. The lowest BCUT2D eigenvalue weighted by Gasteiger charge is -2.15. The SMILES string of the molecule is CC(N)Cc1ccc(Br)cc1SC1CCCC1. The highest BCUT2D eigenvalue weighted by molar-refractivity contribution is 9.10. The fraction of sp³-hybridized carbons (Fsp3) is 0.571. The van der Waals surface area contributed by atoms with Crippen molar-refractivity contribution in [1.29, 1.82) is 0 Å². The molecular formula is C14H20BrNS. The first-order valence-corrected chi connectivity index (χ1v) is 8.03. The van der Waals surface area contributed by atoms with Gasteiger partial charge in [0.05, 0.1) is 0 Å². The number of halogens is 1. The highest BCUT2D eigenvalue weighted by Gasteiger charge is 2.18. The number of rotatable bonds is 4. The zero-order valence-electron chi connectivity index (χ0n) is 10.3. The molecule has 0 amide bonds. The summed E-state index contributed by atoms with van der Waals surface area (Å²) in [6.07, 6.45) is 6.51. The van der Waals surface area contributed by atoms with Gasteiger partial charge in [0.25, 0.3) is 0 Å². The zero-order valence-corrected chi connectivity index (χ0v) is 12.7. The molecule has 0 saturated heterocycles. The van der Waals surface area contributed by atoms with Gasteiger partial charge in [0, 0.05) is 20.7 Å².